The van der Waals surface area contributed by atoms with Crippen LogP contribution in [-0.4, -0.2) is 84.1 Å². The number of alkyl halides is 3. The molecule has 1 amide bonds. The highest BCUT2D eigenvalue weighted by atomic mass is 19.4. The number of methoxy groups -OCH3 is 1. The molecule has 4 rings (SSSR count). The number of aromatic nitrogens is 2. The zero-order chi connectivity index (χ0) is 29.0. The van der Waals surface area contributed by atoms with Crippen molar-refractivity contribution in [3.8, 4) is 17.1 Å². The number of rotatable bonds is 8. The van der Waals surface area contributed by atoms with Crippen molar-refractivity contribution in [2.24, 2.45) is 0 Å². The van der Waals surface area contributed by atoms with Crippen LogP contribution in [0.4, 0.5) is 23.2 Å². The molecule has 2 aromatic carbocycles. The first-order valence-electron chi connectivity index (χ1n) is 12.8. The summed E-state index contributed by atoms with van der Waals surface area (Å²) in [5, 5.41) is 11.3. The number of anilines is 1. The number of hydrogen-bond acceptors (Lipinski definition) is 7. The second-order valence-corrected chi connectivity index (χ2v) is 9.61. The van der Waals surface area contributed by atoms with E-state index >= 15 is 0 Å². The number of β-amino-alcohol motifs (C(OH)–C–C–N with tert-alkyl or cyclic N) is 1. The number of amides is 1. The fraction of sp³-hybridized carbons (Fsp3) is 0.444. The monoisotopic (exact) mass is 565 g/mol. The summed E-state index contributed by atoms with van der Waals surface area (Å²) in [4.78, 5) is 35.2. The van der Waals surface area contributed by atoms with Gasteiger partial charge in [-0.15, -0.1) is 0 Å². The minimum atomic E-state index is -4.66. The lowest BCUT2D eigenvalue weighted by atomic mass is 10.1. The van der Waals surface area contributed by atoms with Gasteiger partial charge in [0.05, 0.1) is 24.6 Å². The van der Waals surface area contributed by atoms with Crippen LogP contribution in [0.2, 0.25) is 0 Å². The molecule has 1 unspecified atom stereocenters. The van der Waals surface area contributed by atoms with Crippen molar-refractivity contribution < 1.29 is 32.2 Å². The van der Waals surface area contributed by atoms with Crippen molar-refractivity contribution in [1.29, 1.82) is 0 Å². The highest BCUT2D eigenvalue weighted by Gasteiger charge is 2.37. The van der Waals surface area contributed by atoms with Gasteiger partial charge in [0.2, 0.25) is 5.91 Å². The maximum absolute atomic E-state index is 14.1. The highest BCUT2D eigenvalue weighted by Crippen LogP contribution is 2.28. The predicted octanol–water partition coefficient (Wildman–Crippen LogP) is 2.78. The van der Waals surface area contributed by atoms with Gasteiger partial charge in [-0.2, -0.15) is 13.2 Å². The molecule has 1 aliphatic heterocycles. The van der Waals surface area contributed by atoms with E-state index in [1.807, 2.05) is 11.4 Å². The number of fused-ring (bicyclic) bond motifs is 1. The molecule has 1 aliphatic rings. The second-order valence-electron chi connectivity index (χ2n) is 9.61. The lowest BCUT2D eigenvalue weighted by Crippen LogP contribution is -2.45. The first-order chi connectivity index (χ1) is 19.0. The zero-order valence-electron chi connectivity index (χ0n) is 22.2. The van der Waals surface area contributed by atoms with Gasteiger partial charge in [0.25, 0.3) is 5.56 Å². The average molecular weight is 566 g/mol. The fourth-order valence-corrected chi connectivity index (χ4v) is 4.68. The molecular formula is C27H31F4N5O4. The Hall–Kier alpha value is -3.71. The maximum atomic E-state index is 14.1. The average Bonchev–Trinajstić information content (AvgIpc) is 3.15. The molecule has 1 saturated heterocycles. The largest absolute Gasteiger partial charge is 0.494 e. The lowest BCUT2D eigenvalue weighted by molar-refractivity contribution is -0.158. The number of halogens is 4. The standard InChI is InChI=1S/C27H31F4N5O4/c1-17(27(29,30)31)32-24(38)16-36-25(18-4-6-21(28)23(14-18)40-2)33-22-7-5-19(15-20(22)26(36)39)35-9-3-8-34(10-11-35)12-13-37/h4-7,14-15,17,37H,3,8-13,16H2,1-2H3,(H,32,38). The van der Waals surface area contributed by atoms with Crippen LogP contribution in [0.15, 0.2) is 41.2 Å². The summed E-state index contributed by atoms with van der Waals surface area (Å²) in [5.74, 6) is -1.83. The Morgan fingerprint density at radius 2 is 1.93 bits per heavy atom. The zero-order valence-corrected chi connectivity index (χ0v) is 22.2. The Kier molecular flexibility index (Phi) is 8.94. The number of carbonyl (C=O) groups is 1. The van der Waals surface area contributed by atoms with E-state index in [0.29, 0.717) is 18.6 Å². The van der Waals surface area contributed by atoms with Crippen LogP contribution in [-0.2, 0) is 11.3 Å². The molecule has 3 aromatic rings. The first-order valence-corrected chi connectivity index (χ1v) is 12.8. The van der Waals surface area contributed by atoms with Crippen molar-refractivity contribution in [1.82, 2.24) is 19.8 Å². The number of aliphatic hydroxyl groups is 1. The first kappa shape index (κ1) is 29.3. The molecule has 0 radical (unpaired) electrons. The van der Waals surface area contributed by atoms with Crippen molar-refractivity contribution >= 4 is 22.5 Å². The minimum absolute atomic E-state index is 0.0206. The summed E-state index contributed by atoms with van der Waals surface area (Å²) in [7, 11) is 1.27. The summed E-state index contributed by atoms with van der Waals surface area (Å²) in [6.45, 7) is 3.66. The van der Waals surface area contributed by atoms with E-state index < -0.39 is 36.0 Å². The third kappa shape index (κ3) is 6.53. The third-order valence-electron chi connectivity index (χ3n) is 6.89. The van der Waals surface area contributed by atoms with Crippen molar-refractivity contribution in [2.75, 3.05) is 51.3 Å². The van der Waals surface area contributed by atoms with Gasteiger partial charge in [0.15, 0.2) is 11.6 Å². The van der Waals surface area contributed by atoms with Crippen molar-refractivity contribution in [3.05, 3.63) is 52.6 Å². The molecule has 2 heterocycles. The molecule has 0 bridgehead atoms. The fourth-order valence-electron chi connectivity index (χ4n) is 4.68. The molecule has 9 nitrogen and oxygen atoms in total. The van der Waals surface area contributed by atoms with Crippen LogP contribution in [0.5, 0.6) is 5.75 Å². The van der Waals surface area contributed by atoms with Crippen LogP contribution in [0.1, 0.15) is 13.3 Å². The molecule has 1 atom stereocenters. The van der Waals surface area contributed by atoms with Crippen LogP contribution >= 0.6 is 0 Å². The Labute approximate surface area is 228 Å². The van der Waals surface area contributed by atoms with Crippen molar-refractivity contribution in [2.45, 2.75) is 32.1 Å². The molecule has 1 fully saturated rings. The van der Waals surface area contributed by atoms with Gasteiger partial charge in [0, 0.05) is 37.4 Å². The van der Waals surface area contributed by atoms with Gasteiger partial charge in [-0.05, 0) is 56.3 Å². The molecule has 2 N–H and O–H groups in total. The Morgan fingerprint density at radius 3 is 2.62 bits per heavy atom. The van der Waals surface area contributed by atoms with Gasteiger partial charge in [-0.1, -0.05) is 0 Å². The normalized spacial score (nSPS) is 15.6. The summed E-state index contributed by atoms with van der Waals surface area (Å²) >= 11 is 0. The maximum Gasteiger partial charge on any atom is 0.408 e. The molecule has 1 aromatic heterocycles. The summed E-state index contributed by atoms with van der Waals surface area (Å²) < 4.78 is 59.3. The van der Waals surface area contributed by atoms with Crippen LogP contribution in [0, 0.1) is 5.82 Å². The highest BCUT2D eigenvalue weighted by molar-refractivity contribution is 5.85. The predicted molar refractivity (Wildman–Crippen MR) is 142 cm³/mol. The van der Waals surface area contributed by atoms with Crippen LogP contribution in [0.3, 0.4) is 0 Å². The van der Waals surface area contributed by atoms with E-state index in [2.05, 4.69) is 14.8 Å². The van der Waals surface area contributed by atoms with Gasteiger partial charge in [-0.25, -0.2) is 9.37 Å². The number of ether oxygens (including phenoxy) is 1. The summed E-state index contributed by atoms with van der Waals surface area (Å²) in [5.41, 5.74) is 0.686. The summed E-state index contributed by atoms with van der Waals surface area (Å²) in [6.07, 6.45) is -3.81. The molecule has 40 heavy (non-hydrogen) atoms. The van der Waals surface area contributed by atoms with Crippen LogP contribution < -0.4 is 20.5 Å². The Morgan fingerprint density at radius 1 is 1.15 bits per heavy atom. The van der Waals surface area contributed by atoms with Gasteiger partial charge in [-0.3, -0.25) is 19.1 Å². The van der Waals surface area contributed by atoms with Crippen LogP contribution in [0.25, 0.3) is 22.3 Å². The lowest BCUT2D eigenvalue weighted by Gasteiger charge is -2.24. The molecule has 0 saturated carbocycles. The molecule has 0 spiro atoms. The number of carbonyl (C=O) groups excluding carboxylic acids is 1. The Balaban J connectivity index is 1.77. The van der Waals surface area contributed by atoms with Gasteiger partial charge >= 0.3 is 6.18 Å². The van der Waals surface area contributed by atoms with Gasteiger partial charge in [0.1, 0.15) is 18.4 Å². The quantitative estimate of drug-likeness (QED) is 0.406. The third-order valence-corrected chi connectivity index (χ3v) is 6.89. The van der Waals surface area contributed by atoms with E-state index in [9.17, 15) is 32.3 Å². The molecule has 216 valence electrons. The van der Waals surface area contributed by atoms with E-state index in [1.165, 1.54) is 19.2 Å². The molecular weight excluding hydrogens is 534 g/mol. The number of benzene rings is 2. The number of hydrogen-bond donors (Lipinski definition) is 2. The minimum Gasteiger partial charge on any atom is -0.494 e. The van der Waals surface area contributed by atoms with E-state index in [0.717, 1.165) is 49.3 Å². The van der Waals surface area contributed by atoms with Crippen molar-refractivity contribution in [3.63, 3.8) is 0 Å². The molecule has 13 heteroatoms. The number of aliphatic hydroxyl groups excluding tert-OH is 1. The number of nitrogens with one attached hydrogen (secondary N) is 1. The second kappa shape index (κ2) is 12.2. The van der Waals surface area contributed by atoms with E-state index in [4.69, 9.17) is 4.74 Å². The van der Waals surface area contributed by atoms with E-state index in [1.54, 1.807) is 12.1 Å². The smallest absolute Gasteiger partial charge is 0.408 e. The Bertz CT molecular complexity index is 1430. The SMILES string of the molecule is COc1cc(-c2nc3ccc(N4CCCN(CCO)CC4)cc3c(=O)n2CC(=O)NC(C)C(F)(F)F)ccc1F. The van der Waals surface area contributed by atoms with Gasteiger partial charge < -0.3 is 20.1 Å². The van der Waals surface area contributed by atoms with E-state index in [-0.39, 0.29) is 29.1 Å². The number of nitrogens with zero attached hydrogens (tertiary/aromatic N) is 4. The summed E-state index contributed by atoms with van der Waals surface area (Å²) in [6, 6.07) is 6.80. The molecule has 0 aliphatic carbocycles. The topological polar surface area (TPSA) is 99.9 Å².